The molecule has 1 fully saturated rings. The summed E-state index contributed by atoms with van der Waals surface area (Å²) in [6.45, 7) is 1.45. The third kappa shape index (κ3) is 4.51. The van der Waals surface area contributed by atoms with E-state index in [4.69, 9.17) is 5.11 Å². The smallest absolute Gasteiger partial charge is 0.325 e. The molecular weight excluding hydrogens is 208 g/mol. The second-order valence-corrected chi connectivity index (χ2v) is 4.37. The molecule has 1 aliphatic rings. The normalized spacial score (nSPS) is 19.6. The molecule has 0 aromatic heterocycles. The van der Waals surface area contributed by atoms with Crippen LogP contribution in [-0.2, 0) is 4.79 Å². The van der Waals surface area contributed by atoms with Crippen molar-refractivity contribution in [3.05, 3.63) is 0 Å². The SMILES string of the molecule is CC(NC(=O)NC1CCCCCC1)C(=O)O. The molecule has 5 heteroatoms. The van der Waals surface area contributed by atoms with Crippen LogP contribution in [0.5, 0.6) is 0 Å². The van der Waals surface area contributed by atoms with Gasteiger partial charge < -0.3 is 15.7 Å². The van der Waals surface area contributed by atoms with Crippen molar-refractivity contribution in [2.75, 3.05) is 0 Å². The van der Waals surface area contributed by atoms with Gasteiger partial charge in [-0.15, -0.1) is 0 Å². The van der Waals surface area contributed by atoms with E-state index >= 15 is 0 Å². The third-order valence-electron chi connectivity index (χ3n) is 2.91. The van der Waals surface area contributed by atoms with Crippen LogP contribution in [0.1, 0.15) is 45.4 Å². The van der Waals surface area contributed by atoms with Gasteiger partial charge in [0.1, 0.15) is 6.04 Å². The first-order valence-electron chi connectivity index (χ1n) is 5.89. The number of amides is 2. The highest BCUT2D eigenvalue weighted by molar-refractivity contribution is 5.82. The molecule has 5 nitrogen and oxygen atoms in total. The van der Waals surface area contributed by atoms with Crippen molar-refractivity contribution >= 4 is 12.0 Å². The van der Waals surface area contributed by atoms with Crippen molar-refractivity contribution in [2.45, 2.75) is 57.5 Å². The van der Waals surface area contributed by atoms with Crippen molar-refractivity contribution in [2.24, 2.45) is 0 Å². The minimum absolute atomic E-state index is 0.198. The molecule has 0 radical (unpaired) electrons. The number of carbonyl (C=O) groups is 2. The predicted octanol–water partition coefficient (Wildman–Crippen LogP) is 1.48. The Bertz CT molecular complexity index is 248. The summed E-state index contributed by atoms with van der Waals surface area (Å²) in [6.07, 6.45) is 6.72. The first-order valence-corrected chi connectivity index (χ1v) is 5.89. The Hall–Kier alpha value is -1.26. The largest absolute Gasteiger partial charge is 0.480 e. The summed E-state index contributed by atoms with van der Waals surface area (Å²) in [5, 5.41) is 13.9. The van der Waals surface area contributed by atoms with Crippen LogP contribution in [-0.4, -0.2) is 29.2 Å². The summed E-state index contributed by atoms with van der Waals surface area (Å²) in [5.74, 6) is -1.02. The van der Waals surface area contributed by atoms with Gasteiger partial charge in [-0.05, 0) is 19.8 Å². The van der Waals surface area contributed by atoms with E-state index in [0.29, 0.717) is 0 Å². The summed E-state index contributed by atoms with van der Waals surface area (Å²) >= 11 is 0. The zero-order valence-corrected chi connectivity index (χ0v) is 9.66. The zero-order valence-electron chi connectivity index (χ0n) is 9.66. The lowest BCUT2D eigenvalue weighted by Gasteiger charge is -2.18. The number of aliphatic carboxylic acids is 1. The van der Waals surface area contributed by atoms with Crippen molar-refractivity contribution in [3.63, 3.8) is 0 Å². The van der Waals surface area contributed by atoms with Gasteiger partial charge in [0.05, 0.1) is 0 Å². The van der Waals surface area contributed by atoms with Crippen molar-refractivity contribution in [3.8, 4) is 0 Å². The third-order valence-corrected chi connectivity index (χ3v) is 2.91. The Labute approximate surface area is 95.6 Å². The highest BCUT2D eigenvalue weighted by atomic mass is 16.4. The molecule has 0 aromatic rings. The Morgan fingerprint density at radius 2 is 1.75 bits per heavy atom. The minimum Gasteiger partial charge on any atom is -0.480 e. The summed E-state index contributed by atoms with van der Waals surface area (Å²) in [6, 6.07) is -1.02. The van der Waals surface area contributed by atoms with Crippen LogP contribution in [0.2, 0.25) is 0 Å². The van der Waals surface area contributed by atoms with E-state index in [1.54, 1.807) is 0 Å². The van der Waals surface area contributed by atoms with E-state index in [0.717, 1.165) is 25.7 Å². The number of rotatable bonds is 3. The molecule has 1 unspecified atom stereocenters. The van der Waals surface area contributed by atoms with Gasteiger partial charge in [0, 0.05) is 6.04 Å². The van der Waals surface area contributed by atoms with Gasteiger partial charge in [0.15, 0.2) is 0 Å². The van der Waals surface area contributed by atoms with Gasteiger partial charge in [0.25, 0.3) is 0 Å². The Balaban J connectivity index is 2.29. The second-order valence-electron chi connectivity index (χ2n) is 4.37. The number of urea groups is 1. The van der Waals surface area contributed by atoms with Crippen LogP contribution in [0.4, 0.5) is 4.79 Å². The topological polar surface area (TPSA) is 78.4 Å². The van der Waals surface area contributed by atoms with E-state index in [1.165, 1.54) is 19.8 Å². The number of hydrogen-bond donors (Lipinski definition) is 3. The van der Waals surface area contributed by atoms with Crippen LogP contribution in [0, 0.1) is 0 Å². The van der Waals surface area contributed by atoms with E-state index in [1.807, 2.05) is 0 Å². The zero-order chi connectivity index (χ0) is 12.0. The first kappa shape index (κ1) is 12.8. The number of carbonyl (C=O) groups excluding carboxylic acids is 1. The van der Waals surface area contributed by atoms with Crippen molar-refractivity contribution < 1.29 is 14.7 Å². The fraction of sp³-hybridized carbons (Fsp3) is 0.818. The lowest BCUT2D eigenvalue weighted by Crippen LogP contribution is -2.47. The molecule has 2 amide bonds. The van der Waals surface area contributed by atoms with E-state index < -0.39 is 12.0 Å². The maximum absolute atomic E-state index is 11.5. The van der Waals surface area contributed by atoms with Crippen LogP contribution in [0.3, 0.4) is 0 Å². The van der Waals surface area contributed by atoms with Gasteiger partial charge in [0.2, 0.25) is 0 Å². The summed E-state index contributed by atoms with van der Waals surface area (Å²) in [5.41, 5.74) is 0. The maximum Gasteiger partial charge on any atom is 0.325 e. The summed E-state index contributed by atoms with van der Waals surface area (Å²) in [4.78, 5) is 22.0. The van der Waals surface area contributed by atoms with Gasteiger partial charge in [-0.3, -0.25) is 4.79 Å². The van der Waals surface area contributed by atoms with Gasteiger partial charge in [-0.2, -0.15) is 0 Å². The Morgan fingerprint density at radius 1 is 1.19 bits per heavy atom. The molecule has 0 aliphatic heterocycles. The summed E-state index contributed by atoms with van der Waals surface area (Å²) in [7, 11) is 0. The lowest BCUT2D eigenvalue weighted by atomic mass is 10.1. The molecule has 0 bridgehead atoms. The first-order chi connectivity index (χ1) is 7.59. The molecule has 3 N–H and O–H groups in total. The average Bonchev–Trinajstić information content (AvgIpc) is 2.45. The molecule has 1 saturated carbocycles. The molecule has 0 spiro atoms. The van der Waals surface area contributed by atoms with Crippen LogP contribution in [0.15, 0.2) is 0 Å². The quantitative estimate of drug-likeness (QED) is 0.640. The standard InChI is InChI=1S/C11H20N2O3/c1-8(10(14)15)12-11(16)13-9-6-4-2-3-5-7-9/h8-9H,2-7H2,1H3,(H,14,15)(H2,12,13,16). The van der Waals surface area contributed by atoms with Gasteiger partial charge >= 0.3 is 12.0 Å². The highest BCUT2D eigenvalue weighted by Crippen LogP contribution is 2.16. The van der Waals surface area contributed by atoms with Crippen molar-refractivity contribution in [1.82, 2.24) is 10.6 Å². The minimum atomic E-state index is -1.02. The Morgan fingerprint density at radius 3 is 2.25 bits per heavy atom. The average molecular weight is 228 g/mol. The van der Waals surface area contributed by atoms with Crippen molar-refractivity contribution in [1.29, 1.82) is 0 Å². The molecule has 1 atom stereocenters. The van der Waals surface area contributed by atoms with E-state index in [-0.39, 0.29) is 12.1 Å². The molecule has 0 saturated heterocycles. The number of carboxylic acid groups (broad SMARTS) is 1. The van der Waals surface area contributed by atoms with Crippen LogP contribution in [0.25, 0.3) is 0 Å². The predicted molar refractivity (Wildman–Crippen MR) is 60.3 cm³/mol. The van der Waals surface area contributed by atoms with Gasteiger partial charge in [-0.1, -0.05) is 25.7 Å². The molecule has 92 valence electrons. The number of hydrogen-bond acceptors (Lipinski definition) is 2. The lowest BCUT2D eigenvalue weighted by molar-refractivity contribution is -0.138. The van der Waals surface area contributed by atoms with E-state index in [9.17, 15) is 9.59 Å². The van der Waals surface area contributed by atoms with E-state index in [2.05, 4.69) is 10.6 Å². The Kier molecular flexibility index (Phi) is 5.08. The van der Waals surface area contributed by atoms with Gasteiger partial charge in [-0.25, -0.2) is 4.79 Å². The molecule has 1 aliphatic carbocycles. The number of carboxylic acids is 1. The highest BCUT2D eigenvalue weighted by Gasteiger charge is 2.17. The number of nitrogens with one attached hydrogen (secondary N) is 2. The second kappa shape index (κ2) is 6.35. The molecular formula is C11H20N2O3. The molecule has 0 aromatic carbocycles. The monoisotopic (exact) mass is 228 g/mol. The molecule has 0 heterocycles. The summed E-state index contributed by atoms with van der Waals surface area (Å²) < 4.78 is 0. The van der Waals surface area contributed by atoms with Crippen LogP contribution >= 0.6 is 0 Å². The molecule has 16 heavy (non-hydrogen) atoms. The fourth-order valence-electron chi connectivity index (χ4n) is 1.91. The fourth-order valence-corrected chi connectivity index (χ4v) is 1.91. The molecule has 1 rings (SSSR count). The maximum atomic E-state index is 11.5. The van der Waals surface area contributed by atoms with Crippen LogP contribution < -0.4 is 10.6 Å².